The zero-order valence-electron chi connectivity index (χ0n) is 11.5. The standard InChI is InChI=1S/C13H19ClN2O3S/c1-3-15-12-6-4-11(5-7-12)13(17)16-8-9-20(18,19)10(2)14/h4-7,10,15H,3,8-9H2,1-2H3,(H,16,17). The molecule has 0 spiro atoms. The molecule has 1 atom stereocenters. The number of sulfone groups is 1. The van der Waals surface area contributed by atoms with Gasteiger partial charge in [0.05, 0.1) is 5.75 Å². The summed E-state index contributed by atoms with van der Waals surface area (Å²) in [4.78, 5) is 11.8. The van der Waals surface area contributed by atoms with Crippen LogP contribution in [0.25, 0.3) is 0 Å². The maximum Gasteiger partial charge on any atom is 0.251 e. The van der Waals surface area contributed by atoms with Gasteiger partial charge >= 0.3 is 0 Å². The van der Waals surface area contributed by atoms with Gasteiger partial charge in [-0.05, 0) is 38.1 Å². The predicted octanol–water partition coefficient (Wildman–Crippen LogP) is 1.85. The van der Waals surface area contributed by atoms with Crippen LogP contribution >= 0.6 is 11.6 Å². The topological polar surface area (TPSA) is 75.3 Å². The highest BCUT2D eigenvalue weighted by atomic mass is 35.5. The van der Waals surface area contributed by atoms with E-state index < -0.39 is 14.5 Å². The summed E-state index contributed by atoms with van der Waals surface area (Å²) in [5, 5.41) is 5.69. The van der Waals surface area contributed by atoms with E-state index >= 15 is 0 Å². The number of carbonyl (C=O) groups is 1. The first-order chi connectivity index (χ1) is 9.36. The van der Waals surface area contributed by atoms with E-state index in [1.165, 1.54) is 6.92 Å². The Morgan fingerprint density at radius 3 is 2.40 bits per heavy atom. The average molecular weight is 319 g/mol. The molecule has 1 rings (SSSR count). The van der Waals surface area contributed by atoms with Crippen molar-refractivity contribution in [3.63, 3.8) is 0 Å². The molecule has 1 amide bonds. The van der Waals surface area contributed by atoms with Gasteiger partial charge in [-0.1, -0.05) is 0 Å². The van der Waals surface area contributed by atoms with Gasteiger partial charge in [-0.25, -0.2) is 8.42 Å². The summed E-state index contributed by atoms with van der Waals surface area (Å²) in [6.07, 6.45) is 0. The van der Waals surface area contributed by atoms with Crippen LogP contribution in [0.4, 0.5) is 5.69 Å². The van der Waals surface area contributed by atoms with Crippen LogP contribution in [0.2, 0.25) is 0 Å². The molecule has 2 N–H and O–H groups in total. The van der Waals surface area contributed by atoms with Crippen molar-refractivity contribution in [2.45, 2.75) is 18.6 Å². The highest BCUT2D eigenvalue weighted by Crippen LogP contribution is 2.09. The van der Waals surface area contributed by atoms with E-state index in [-0.39, 0.29) is 18.2 Å². The van der Waals surface area contributed by atoms with Gasteiger partial charge in [0.15, 0.2) is 9.84 Å². The van der Waals surface area contributed by atoms with Gasteiger partial charge in [0.2, 0.25) is 0 Å². The van der Waals surface area contributed by atoms with Gasteiger partial charge in [0.1, 0.15) is 4.71 Å². The summed E-state index contributed by atoms with van der Waals surface area (Å²) < 4.78 is 22.0. The first-order valence-electron chi connectivity index (χ1n) is 6.34. The Balaban J connectivity index is 2.51. The number of alkyl halides is 1. The molecule has 20 heavy (non-hydrogen) atoms. The van der Waals surface area contributed by atoms with Crippen LogP contribution in [0, 0.1) is 0 Å². The Kier molecular flexibility index (Phi) is 6.29. The molecule has 7 heteroatoms. The third-order valence-corrected chi connectivity index (χ3v) is 5.27. The van der Waals surface area contributed by atoms with Crippen LogP contribution in [0.5, 0.6) is 0 Å². The van der Waals surface area contributed by atoms with E-state index in [4.69, 9.17) is 11.6 Å². The van der Waals surface area contributed by atoms with Gasteiger partial charge < -0.3 is 10.6 Å². The molecule has 0 aromatic heterocycles. The molecule has 1 aromatic rings. The monoisotopic (exact) mass is 318 g/mol. The van der Waals surface area contributed by atoms with Gasteiger partial charge in [-0.2, -0.15) is 0 Å². The number of rotatable bonds is 7. The van der Waals surface area contributed by atoms with Crippen molar-refractivity contribution in [1.29, 1.82) is 0 Å². The van der Waals surface area contributed by atoms with Gasteiger partial charge in [0, 0.05) is 24.3 Å². The lowest BCUT2D eigenvalue weighted by atomic mass is 10.2. The molecule has 1 aromatic carbocycles. The van der Waals surface area contributed by atoms with Crippen LogP contribution in [0.15, 0.2) is 24.3 Å². The smallest absolute Gasteiger partial charge is 0.251 e. The third-order valence-electron chi connectivity index (χ3n) is 2.69. The zero-order valence-corrected chi connectivity index (χ0v) is 13.1. The van der Waals surface area contributed by atoms with Crippen molar-refractivity contribution >= 4 is 33.0 Å². The van der Waals surface area contributed by atoms with Crippen molar-refractivity contribution in [2.24, 2.45) is 0 Å². The second-order valence-corrected chi connectivity index (χ2v) is 7.63. The number of amides is 1. The van der Waals surface area contributed by atoms with Crippen molar-refractivity contribution in [3.05, 3.63) is 29.8 Å². The van der Waals surface area contributed by atoms with Gasteiger partial charge in [-0.15, -0.1) is 11.6 Å². The number of nitrogens with one attached hydrogen (secondary N) is 2. The molecular formula is C13H19ClN2O3S. The van der Waals surface area contributed by atoms with E-state index in [0.717, 1.165) is 12.2 Å². The fourth-order valence-electron chi connectivity index (χ4n) is 1.51. The quantitative estimate of drug-likeness (QED) is 0.752. The summed E-state index contributed by atoms with van der Waals surface area (Å²) in [6, 6.07) is 6.98. The minimum atomic E-state index is -3.35. The van der Waals surface area contributed by atoms with E-state index in [9.17, 15) is 13.2 Å². The van der Waals surface area contributed by atoms with Crippen LogP contribution in [0.1, 0.15) is 24.2 Å². The van der Waals surface area contributed by atoms with Crippen molar-refractivity contribution in [1.82, 2.24) is 5.32 Å². The molecule has 112 valence electrons. The molecule has 0 aliphatic heterocycles. The van der Waals surface area contributed by atoms with Gasteiger partial charge in [0.25, 0.3) is 5.91 Å². The van der Waals surface area contributed by atoms with Crippen molar-refractivity contribution in [3.8, 4) is 0 Å². The highest BCUT2D eigenvalue weighted by Gasteiger charge is 2.18. The SMILES string of the molecule is CCNc1ccc(C(=O)NCCS(=O)(=O)C(C)Cl)cc1. The van der Waals surface area contributed by atoms with E-state index in [0.29, 0.717) is 5.56 Å². The molecule has 0 aliphatic rings. The number of benzene rings is 1. The maximum absolute atomic E-state index is 11.8. The Morgan fingerprint density at radius 2 is 1.90 bits per heavy atom. The minimum absolute atomic E-state index is 0.0488. The number of hydrogen-bond acceptors (Lipinski definition) is 4. The fourth-order valence-corrected chi connectivity index (χ4v) is 2.49. The molecule has 0 saturated heterocycles. The van der Waals surface area contributed by atoms with Crippen LogP contribution < -0.4 is 10.6 Å². The number of hydrogen-bond donors (Lipinski definition) is 2. The van der Waals surface area contributed by atoms with Gasteiger partial charge in [-0.3, -0.25) is 4.79 Å². The molecular weight excluding hydrogens is 300 g/mol. The fraction of sp³-hybridized carbons (Fsp3) is 0.462. The first kappa shape index (κ1) is 16.8. The lowest BCUT2D eigenvalue weighted by Gasteiger charge is -2.08. The summed E-state index contributed by atoms with van der Waals surface area (Å²) in [7, 11) is -3.35. The molecule has 0 saturated carbocycles. The predicted molar refractivity (Wildman–Crippen MR) is 82.0 cm³/mol. The Labute approximate surface area is 124 Å². The Hall–Kier alpha value is -1.27. The summed E-state index contributed by atoms with van der Waals surface area (Å²) in [5.74, 6) is -0.468. The average Bonchev–Trinajstić information content (AvgIpc) is 2.39. The molecule has 0 fully saturated rings. The van der Waals surface area contributed by atoms with Crippen LogP contribution in [-0.2, 0) is 9.84 Å². The normalized spacial score (nSPS) is 12.8. The summed E-state index contributed by atoms with van der Waals surface area (Å²) in [5.41, 5.74) is 1.42. The first-order valence-corrected chi connectivity index (χ1v) is 8.49. The summed E-state index contributed by atoms with van der Waals surface area (Å²) in [6.45, 7) is 4.24. The molecule has 0 bridgehead atoms. The molecule has 0 heterocycles. The molecule has 0 aliphatic carbocycles. The number of carbonyl (C=O) groups excluding carboxylic acids is 1. The highest BCUT2D eigenvalue weighted by molar-refractivity contribution is 7.93. The second-order valence-electron chi connectivity index (χ2n) is 4.27. The molecule has 5 nitrogen and oxygen atoms in total. The lowest BCUT2D eigenvalue weighted by molar-refractivity contribution is 0.0956. The Bertz CT molecular complexity index is 541. The minimum Gasteiger partial charge on any atom is -0.385 e. The van der Waals surface area contributed by atoms with Crippen molar-refractivity contribution < 1.29 is 13.2 Å². The number of anilines is 1. The van der Waals surface area contributed by atoms with E-state index in [1.54, 1.807) is 24.3 Å². The largest absolute Gasteiger partial charge is 0.385 e. The zero-order chi connectivity index (χ0) is 15.2. The van der Waals surface area contributed by atoms with E-state index in [2.05, 4.69) is 10.6 Å². The summed E-state index contributed by atoms with van der Waals surface area (Å²) >= 11 is 5.54. The Morgan fingerprint density at radius 1 is 1.30 bits per heavy atom. The lowest BCUT2D eigenvalue weighted by Crippen LogP contribution is -2.30. The second kappa shape index (κ2) is 7.50. The maximum atomic E-state index is 11.8. The third kappa shape index (κ3) is 5.02. The number of halogens is 1. The van der Waals surface area contributed by atoms with Crippen molar-refractivity contribution in [2.75, 3.05) is 24.2 Å². The molecule has 0 radical (unpaired) electrons. The van der Waals surface area contributed by atoms with Crippen LogP contribution in [0.3, 0.4) is 0 Å². The van der Waals surface area contributed by atoms with E-state index in [1.807, 2.05) is 6.92 Å². The molecule has 1 unspecified atom stereocenters. The van der Waals surface area contributed by atoms with Crippen LogP contribution in [-0.4, -0.2) is 37.9 Å².